The molecule has 0 N–H and O–H groups in total. The minimum atomic E-state index is 1.05. The highest BCUT2D eigenvalue weighted by atomic mass is 14.0. The van der Waals surface area contributed by atoms with Crippen LogP contribution in [0, 0.1) is 11.8 Å². The third-order valence-corrected chi connectivity index (χ3v) is 2.83. The van der Waals surface area contributed by atoms with Gasteiger partial charge in [0, 0.05) is 11.1 Å². The molecule has 0 heteroatoms. The van der Waals surface area contributed by atoms with Crippen molar-refractivity contribution in [2.24, 2.45) is 0 Å². The molecule has 0 nitrogen and oxygen atoms in total. The minimum Gasteiger partial charge on any atom is -0.0839 e. The number of benzene rings is 2. The fraction of sp³-hybridized carbons (Fsp3) is 0.158. The summed E-state index contributed by atoms with van der Waals surface area (Å²) in [5.41, 5.74) is 3.33. The highest BCUT2D eigenvalue weighted by molar-refractivity contribution is 5.60. The fourth-order valence-electron chi connectivity index (χ4n) is 1.79. The van der Waals surface area contributed by atoms with Gasteiger partial charge in [-0.1, -0.05) is 73.7 Å². The van der Waals surface area contributed by atoms with Gasteiger partial charge in [-0.3, -0.25) is 0 Å². The summed E-state index contributed by atoms with van der Waals surface area (Å²) < 4.78 is 0. The van der Waals surface area contributed by atoms with Gasteiger partial charge < -0.3 is 0 Å². The van der Waals surface area contributed by atoms with E-state index < -0.39 is 0 Å². The van der Waals surface area contributed by atoms with Gasteiger partial charge in [-0.25, -0.2) is 0 Å². The summed E-state index contributed by atoms with van der Waals surface area (Å²) in [6.45, 7) is 2.19. The molecule has 0 amide bonds. The van der Waals surface area contributed by atoms with Gasteiger partial charge in [0.25, 0.3) is 0 Å². The molecule has 0 heterocycles. The second-order valence-corrected chi connectivity index (χ2v) is 4.39. The first-order chi connectivity index (χ1) is 9.40. The van der Waals surface area contributed by atoms with Gasteiger partial charge in [-0.2, -0.15) is 0 Å². The Bertz CT molecular complexity index is 595. The van der Waals surface area contributed by atoms with Crippen molar-refractivity contribution in [3.05, 3.63) is 77.4 Å². The smallest absolute Gasteiger partial charge is 0.0321 e. The largest absolute Gasteiger partial charge is 0.0839 e. The van der Waals surface area contributed by atoms with E-state index in [-0.39, 0.29) is 0 Å². The summed E-state index contributed by atoms with van der Waals surface area (Å²) in [4.78, 5) is 0. The van der Waals surface area contributed by atoms with E-state index >= 15 is 0 Å². The van der Waals surface area contributed by atoms with E-state index in [1.54, 1.807) is 0 Å². The van der Waals surface area contributed by atoms with Crippen LogP contribution in [0.3, 0.4) is 0 Å². The molecule has 0 unspecified atom stereocenters. The first-order valence-corrected chi connectivity index (χ1v) is 6.73. The molecule has 0 radical (unpaired) electrons. The standard InChI is InChI=1S/C19H18/c1-2-3-5-12-18-13-8-9-14-19(18)16-15-17-10-6-4-7-11-17/h4-14H,2-3H2,1H3. The highest BCUT2D eigenvalue weighted by Gasteiger charge is 1.93. The molecule has 0 atom stereocenters. The zero-order chi connectivity index (χ0) is 13.3. The molecule has 0 aliphatic carbocycles. The maximum atomic E-state index is 3.26. The molecule has 0 aliphatic rings. The normalized spacial score (nSPS) is 10.2. The van der Waals surface area contributed by atoms with E-state index in [4.69, 9.17) is 0 Å². The van der Waals surface area contributed by atoms with Gasteiger partial charge in [0.1, 0.15) is 0 Å². The van der Waals surface area contributed by atoms with Gasteiger partial charge >= 0.3 is 0 Å². The van der Waals surface area contributed by atoms with Crippen LogP contribution < -0.4 is 0 Å². The Hall–Kier alpha value is -2.26. The van der Waals surface area contributed by atoms with E-state index in [0.29, 0.717) is 0 Å². The van der Waals surface area contributed by atoms with Gasteiger partial charge in [0.05, 0.1) is 0 Å². The number of unbranched alkanes of at least 4 members (excludes halogenated alkanes) is 1. The molecule has 0 saturated carbocycles. The van der Waals surface area contributed by atoms with Crippen LogP contribution in [0.4, 0.5) is 0 Å². The van der Waals surface area contributed by atoms with Gasteiger partial charge in [0.2, 0.25) is 0 Å². The van der Waals surface area contributed by atoms with E-state index in [9.17, 15) is 0 Å². The Morgan fingerprint density at radius 3 is 2.42 bits per heavy atom. The van der Waals surface area contributed by atoms with Crippen LogP contribution in [0.5, 0.6) is 0 Å². The summed E-state index contributed by atoms with van der Waals surface area (Å²) in [6, 6.07) is 18.4. The highest BCUT2D eigenvalue weighted by Crippen LogP contribution is 2.10. The van der Waals surface area contributed by atoms with E-state index in [0.717, 1.165) is 17.5 Å². The van der Waals surface area contributed by atoms with Crippen molar-refractivity contribution < 1.29 is 0 Å². The minimum absolute atomic E-state index is 1.05. The fourth-order valence-corrected chi connectivity index (χ4v) is 1.79. The Balaban J connectivity index is 2.23. The lowest BCUT2D eigenvalue weighted by Crippen LogP contribution is -1.81. The van der Waals surface area contributed by atoms with Crippen LogP contribution in [0.1, 0.15) is 36.5 Å². The quantitative estimate of drug-likeness (QED) is 0.676. The van der Waals surface area contributed by atoms with Gasteiger partial charge in [-0.05, 0) is 30.2 Å². The number of hydrogen-bond acceptors (Lipinski definition) is 0. The topological polar surface area (TPSA) is 0 Å². The van der Waals surface area contributed by atoms with Crippen LogP contribution in [0.15, 0.2) is 60.7 Å². The van der Waals surface area contributed by atoms with Crippen molar-refractivity contribution in [1.29, 1.82) is 0 Å². The molecule has 2 aromatic carbocycles. The van der Waals surface area contributed by atoms with Crippen LogP contribution in [0.25, 0.3) is 6.08 Å². The van der Waals surface area contributed by atoms with Crippen LogP contribution >= 0.6 is 0 Å². The SMILES string of the molecule is CCCC=Cc1ccccc1C#Cc1ccccc1. The van der Waals surface area contributed by atoms with Crippen LogP contribution in [-0.2, 0) is 0 Å². The molecule has 0 aliphatic heterocycles. The molecule has 0 aromatic heterocycles. The molecule has 19 heavy (non-hydrogen) atoms. The zero-order valence-corrected chi connectivity index (χ0v) is 11.3. The summed E-state index contributed by atoms with van der Waals surface area (Å²) in [5, 5.41) is 0. The second-order valence-electron chi connectivity index (χ2n) is 4.39. The van der Waals surface area contributed by atoms with E-state index in [2.05, 4.69) is 49.1 Å². The summed E-state index contributed by atoms with van der Waals surface area (Å²) in [5.74, 6) is 6.46. The Morgan fingerprint density at radius 2 is 1.63 bits per heavy atom. The van der Waals surface area contributed by atoms with Crippen molar-refractivity contribution in [3.8, 4) is 11.8 Å². The van der Waals surface area contributed by atoms with Crippen LogP contribution in [-0.4, -0.2) is 0 Å². The number of hydrogen-bond donors (Lipinski definition) is 0. The maximum absolute atomic E-state index is 3.26. The Kier molecular flexibility index (Phi) is 5.02. The third-order valence-electron chi connectivity index (χ3n) is 2.83. The van der Waals surface area contributed by atoms with Gasteiger partial charge in [-0.15, -0.1) is 0 Å². The summed E-state index contributed by atoms with van der Waals surface area (Å²) in [6.07, 6.45) is 6.66. The molecule has 0 fully saturated rings. The molecular formula is C19H18. The Labute approximate surface area is 115 Å². The summed E-state index contributed by atoms with van der Waals surface area (Å²) >= 11 is 0. The second kappa shape index (κ2) is 7.24. The maximum Gasteiger partial charge on any atom is 0.0321 e. The molecule has 2 rings (SSSR count). The lowest BCUT2D eigenvalue weighted by molar-refractivity contribution is 0.962. The lowest BCUT2D eigenvalue weighted by Gasteiger charge is -1.97. The molecule has 0 spiro atoms. The average molecular weight is 246 g/mol. The monoisotopic (exact) mass is 246 g/mol. The van der Waals surface area contributed by atoms with Crippen molar-refractivity contribution in [2.45, 2.75) is 19.8 Å². The predicted molar refractivity (Wildman–Crippen MR) is 82.8 cm³/mol. The molecular weight excluding hydrogens is 228 g/mol. The van der Waals surface area contributed by atoms with Crippen LogP contribution in [0.2, 0.25) is 0 Å². The average Bonchev–Trinajstić information content (AvgIpc) is 2.48. The van der Waals surface area contributed by atoms with Crippen molar-refractivity contribution in [2.75, 3.05) is 0 Å². The van der Waals surface area contributed by atoms with Crippen molar-refractivity contribution in [3.63, 3.8) is 0 Å². The van der Waals surface area contributed by atoms with E-state index in [1.807, 2.05) is 36.4 Å². The van der Waals surface area contributed by atoms with E-state index in [1.165, 1.54) is 12.0 Å². The number of rotatable bonds is 3. The third kappa shape index (κ3) is 4.16. The molecule has 2 aromatic rings. The lowest BCUT2D eigenvalue weighted by atomic mass is 10.1. The first-order valence-electron chi connectivity index (χ1n) is 6.73. The molecule has 0 saturated heterocycles. The predicted octanol–water partition coefficient (Wildman–Crippen LogP) is 4.90. The molecule has 0 bridgehead atoms. The summed E-state index contributed by atoms with van der Waals surface area (Å²) in [7, 11) is 0. The molecule has 94 valence electrons. The zero-order valence-electron chi connectivity index (χ0n) is 11.3. The van der Waals surface area contributed by atoms with Crippen molar-refractivity contribution in [1.82, 2.24) is 0 Å². The Morgan fingerprint density at radius 1 is 0.895 bits per heavy atom. The van der Waals surface area contributed by atoms with Gasteiger partial charge in [0.15, 0.2) is 0 Å². The first kappa shape index (κ1) is 13.2. The number of allylic oxidation sites excluding steroid dienone is 1. The van der Waals surface area contributed by atoms with Crippen molar-refractivity contribution >= 4 is 6.08 Å².